The molecule has 0 saturated carbocycles. The fourth-order valence-electron chi connectivity index (χ4n) is 1.81. The molecule has 0 aromatic heterocycles. The van der Waals surface area contributed by atoms with Gasteiger partial charge in [-0.1, -0.05) is 0 Å². The van der Waals surface area contributed by atoms with E-state index >= 15 is 0 Å². The number of amides is 1. The molecule has 1 saturated heterocycles. The summed E-state index contributed by atoms with van der Waals surface area (Å²) >= 11 is 0. The lowest BCUT2D eigenvalue weighted by molar-refractivity contribution is -0.117. The second-order valence-electron chi connectivity index (χ2n) is 3.87. The Kier molecular flexibility index (Phi) is 3.41. The minimum absolute atomic E-state index is 0.0397. The van der Waals surface area contributed by atoms with Crippen molar-refractivity contribution >= 4 is 11.6 Å². The van der Waals surface area contributed by atoms with Crippen LogP contribution in [0.3, 0.4) is 0 Å². The zero-order chi connectivity index (χ0) is 11.4. The fourth-order valence-corrected chi connectivity index (χ4v) is 1.81. The van der Waals surface area contributed by atoms with E-state index in [-0.39, 0.29) is 11.9 Å². The number of nitrogens with one attached hydrogen (secondary N) is 2. The standard InChI is InChI=1S/C12H16N2O2/c1-16-10-6-4-9(5-7-10)14-12(15)11-3-2-8-13-11/h4-7,11,13H,2-3,8H2,1H3,(H,14,15)/t11-/m1/s1. The number of carbonyl (C=O) groups excluding carboxylic acids is 1. The zero-order valence-electron chi connectivity index (χ0n) is 9.32. The number of hydrogen-bond acceptors (Lipinski definition) is 3. The quantitative estimate of drug-likeness (QED) is 0.809. The number of ether oxygens (including phenoxy) is 1. The van der Waals surface area contributed by atoms with E-state index in [1.807, 2.05) is 24.3 Å². The topological polar surface area (TPSA) is 50.4 Å². The highest BCUT2D eigenvalue weighted by Crippen LogP contribution is 2.16. The summed E-state index contributed by atoms with van der Waals surface area (Å²) in [6, 6.07) is 7.30. The van der Waals surface area contributed by atoms with Gasteiger partial charge in [0.2, 0.25) is 5.91 Å². The summed E-state index contributed by atoms with van der Waals surface area (Å²) in [6.45, 7) is 0.931. The molecule has 2 N–H and O–H groups in total. The molecule has 1 atom stereocenters. The van der Waals surface area contributed by atoms with Crippen LogP contribution in [0, 0.1) is 0 Å². The molecule has 4 nitrogen and oxygen atoms in total. The average molecular weight is 220 g/mol. The van der Waals surface area contributed by atoms with Gasteiger partial charge < -0.3 is 15.4 Å². The Bertz CT molecular complexity index is 356. The third-order valence-electron chi connectivity index (χ3n) is 2.73. The van der Waals surface area contributed by atoms with Gasteiger partial charge in [-0.2, -0.15) is 0 Å². The van der Waals surface area contributed by atoms with E-state index < -0.39 is 0 Å². The molecule has 1 aromatic rings. The van der Waals surface area contributed by atoms with Crippen molar-refractivity contribution < 1.29 is 9.53 Å². The van der Waals surface area contributed by atoms with Crippen molar-refractivity contribution in [1.29, 1.82) is 0 Å². The van der Waals surface area contributed by atoms with E-state index in [0.717, 1.165) is 30.8 Å². The van der Waals surface area contributed by atoms with Crippen LogP contribution in [0.4, 0.5) is 5.69 Å². The Morgan fingerprint density at radius 3 is 2.75 bits per heavy atom. The van der Waals surface area contributed by atoms with Crippen LogP contribution in [0.15, 0.2) is 24.3 Å². The van der Waals surface area contributed by atoms with Crippen molar-refractivity contribution in [2.24, 2.45) is 0 Å². The molecule has 1 heterocycles. The highest BCUT2D eigenvalue weighted by molar-refractivity contribution is 5.95. The van der Waals surface area contributed by atoms with Gasteiger partial charge in [-0.25, -0.2) is 0 Å². The first-order valence-electron chi connectivity index (χ1n) is 5.48. The van der Waals surface area contributed by atoms with Gasteiger partial charge in [0.05, 0.1) is 13.2 Å². The molecule has 1 aliphatic heterocycles. The van der Waals surface area contributed by atoms with Crippen LogP contribution in [0.1, 0.15) is 12.8 Å². The molecule has 0 radical (unpaired) electrons. The maximum absolute atomic E-state index is 11.8. The van der Waals surface area contributed by atoms with Crippen LogP contribution >= 0.6 is 0 Å². The highest BCUT2D eigenvalue weighted by atomic mass is 16.5. The molecule has 1 amide bonds. The van der Waals surface area contributed by atoms with E-state index in [9.17, 15) is 4.79 Å². The Balaban J connectivity index is 1.94. The highest BCUT2D eigenvalue weighted by Gasteiger charge is 2.21. The first-order chi connectivity index (χ1) is 7.79. The second-order valence-corrected chi connectivity index (χ2v) is 3.87. The molecule has 16 heavy (non-hydrogen) atoms. The average Bonchev–Trinajstić information content (AvgIpc) is 2.83. The summed E-state index contributed by atoms with van der Waals surface area (Å²) in [5, 5.41) is 6.04. The van der Waals surface area contributed by atoms with E-state index in [0.29, 0.717) is 0 Å². The fraction of sp³-hybridized carbons (Fsp3) is 0.417. The summed E-state index contributed by atoms with van der Waals surface area (Å²) in [6.07, 6.45) is 1.99. The van der Waals surface area contributed by atoms with E-state index in [4.69, 9.17) is 4.74 Å². The van der Waals surface area contributed by atoms with Gasteiger partial charge >= 0.3 is 0 Å². The van der Waals surface area contributed by atoms with Crippen LogP contribution < -0.4 is 15.4 Å². The van der Waals surface area contributed by atoms with Crippen LogP contribution in [0.25, 0.3) is 0 Å². The molecule has 1 fully saturated rings. The third-order valence-corrected chi connectivity index (χ3v) is 2.73. The molecule has 4 heteroatoms. The first-order valence-corrected chi connectivity index (χ1v) is 5.48. The van der Waals surface area contributed by atoms with Crippen LogP contribution in [-0.4, -0.2) is 25.6 Å². The molecular weight excluding hydrogens is 204 g/mol. The van der Waals surface area contributed by atoms with Gasteiger partial charge in [0.15, 0.2) is 0 Å². The minimum Gasteiger partial charge on any atom is -0.497 e. The Morgan fingerprint density at radius 1 is 1.44 bits per heavy atom. The normalized spacial score (nSPS) is 19.4. The number of benzene rings is 1. The molecule has 0 aliphatic carbocycles. The van der Waals surface area contributed by atoms with Crippen molar-refractivity contribution in [3.05, 3.63) is 24.3 Å². The molecule has 1 aromatic carbocycles. The summed E-state index contributed by atoms with van der Waals surface area (Å²) in [4.78, 5) is 11.8. The van der Waals surface area contributed by atoms with Gasteiger partial charge in [-0.3, -0.25) is 4.79 Å². The predicted octanol–water partition coefficient (Wildman–Crippen LogP) is 1.39. The van der Waals surface area contributed by atoms with Crippen LogP contribution in [-0.2, 0) is 4.79 Å². The predicted molar refractivity (Wildman–Crippen MR) is 62.6 cm³/mol. The zero-order valence-corrected chi connectivity index (χ0v) is 9.32. The van der Waals surface area contributed by atoms with E-state index in [1.54, 1.807) is 7.11 Å². The van der Waals surface area contributed by atoms with E-state index in [1.165, 1.54) is 0 Å². The maximum atomic E-state index is 11.8. The first kappa shape index (κ1) is 11.0. The molecule has 1 aliphatic rings. The summed E-state index contributed by atoms with van der Waals surface area (Å²) in [7, 11) is 1.62. The molecule has 0 bridgehead atoms. The second kappa shape index (κ2) is 4.99. The lowest BCUT2D eigenvalue weighted by atomic mass is 10.2. The van der Waals surface area contributed by atoms with Crippen molar-refractivity contribution in [3.8, 4) is 5.75 Å². The lowest BCUT2D eigenvalue weighted by Crippen LogP contribution is -2.35. The van der Waals surface area contributed by atoms with Gasteiger partial charge in [0.25, 0.3) is 0 Å². The van der Waals surface area contributed by atoms with Crippen molar-refractivity contribution in [3.63, 3.8) is 0 Å². The lowest BCUT2D eigenvalue weighted by Gasteiger charge is -2.11. The van der Waals surface area contributed by atoms with Crippen LogP contribution in [0.2, 0.25) is 0 Å². The number of hydrogen-bond donors (Lipinski definition) is 2. The summed E-state index contributed by atoms with van der Waals surface area (Å²) in [5.74, 6) is 0.833. The van der Waals surface area contributed by atoms with Crippen LogP contribution in [0.5, 0.6) is 5.75 Å². The van der Waals surface area contributed by atoms with Crippen molar-refractivity contribution in [2.75, 3.05) is 19.0 Å². The van der Waals surface area contributed by atoms with Gasteiger partial charge in [0, 0.05) is 5.69 Å². The number of rotatable bonds is 3. The van der Waals surface area contributed by atoms with E-state index in [2.05, 4.69) is 10.6 Å². The largest absolute Gasteiger partial charge is 0.497 e. The summed E-state index contributed by atoms with van der Waals surface area (Å²) in [5.41, 5.74) is 0.805. The number of anilines is 1. The monoisotopic (exact) mass is 220 g/mol. The Morgan fingerprint density at radius 2 is 2.19 bits per heavy atom. The van der Waals surface area contributed by atoms with Gasteiger partial charge in [0.1, 0.15) is 5.75 Å². The number of methoxy groups -OCH3 is 1. The molecule has 2 rings (SSSR count). The third kappa shape index (κ3) is 2.52. The molecule has 0 spiro atoms. The van der Waals surface area contributed by atoms with Gasteiger partial charge in [-0.15, -0.1) is 0 Å². The SMILES string of the molecule is COc1ccc(NC(=O)[C@H]2CCCN2)cc1. The maximum Gasteiger partial charge on any atom is 0.241 e. The van der Waals surface area contributed by atoms with Crippen molar-refractivity contribution in [2.45, 2.75) is 18.9 Å². The van der Waals surface area contributed by atoms with Gasteiger partial charge in [-0.05, 0) is 43.7 Å². The molecular formula is C12H16N2O2. The van der Waals surface area contributed by atoms with Crippen molar-refractivity contribution in [1.82, 2.24) is 5.32 Å². The number of carbonyl (C=O) groups is 1. The Labute approximate surface area is 95.0 Å². The summed E-state index contributed by atoms with van der Waals surface area (Å²) < 4.78 is 5.05. The smallest absolute Gasteiger partial charge is 0.241 e. The minimum atomic E-state index is -0.0397. The molecule has 0 unspecified atom stereocenters. The Hall–Kier alpha value is -1.55. The molecule has 86 valence electrons.